The molecule has 3 heterocycles. The summed E-state index contributed by atoms with van der Waals surface area (Å²) in [5.41, 5.74) is 4.89. The normalized spacial score (nSPS) is 10.9. The summed E-state index contributed by atoms with van der Waals surface area (Å²) >= 11 is 0. The Labute approximate surface area is 196 Å². The zero-order chi connectivity index (χ0) is 23.3. The second kappa shape index (κ2) is 9.50. The topological polar surface area (TPSA) is 94.3 Å². The molecule has 8 nitrogen and oxygen atoms in total. The number of hydrogen-bond donors (Lipinski definition) is 1. The monoisotopic (exact) mass is 450 g/mol. The second-order valence-electron chi connectivity index (χ2n) is 7.63. The van der Waals surface area contributed by atoms with Crippen molar-refractivity contribution in [3.8, 4) is 28.4 Å². The average molecular weight is 451 g/mol. The van der Waals surface area contributed by atoms with Crippen LogP contribution in [0.2, 0.25) is 0 Å². The molecule has 0 aliphatic carbocycles. The Morgan fingerprint density at radius 1 is 0.882 bits per heavy atom. The molecule has 0 aliphatic heterocycles. The first-order valence-corrected chi connectivity index (χ1v) is 10.9. The lowest BCUT2D eigenvalue weighted by Crippen LogP contribution is -2.14. The van der Waals surface area contributed by atoms with Crippen molar-refractivity contribution in [3.05, 3.63) is 90.8 Å². The largest absolute Gasteiger partial charge is 0.494 e. The van der Waals surface area contributed by atoms with Crippen LogP contribution in [0.5, 0.6) is 5.75 Å². The number of nitrogens with one attached hydrogen (secondary N) is 1. The van der Waals surface area contributed by atoms with Crippen LogP contribution in [-0.4, -0.2) is 37.3 Å². The number of carbonyl (C=O) groups excluding carboxylic acids is 1. The van der Waals surface area contributed by atoms with E-state index in [2.05, 4.69) is 20.5 Å². The second-order valence-corrected chi connectivity index (χ2v) is 7.63. The van der Waals surface area contributed by atoms with Gasteiger partial charge in [0.15, 0.2) is 11.5 Å². The summed E-state index contributed by atoms with van der Waals surface area (Å²) in [6.07, 6.45) is 3.71. The number of nitrogens with zero attached hydrogens (tertiary/aromatic N) is 5. The molecule has 0 unspecified atom stereocenters. The van der Waals surface area contributed by atoms with Crippen molar-refractivity contribution in [2.75, 3.05) is 11.9 Å². The molecule has 0 atom stereocenters. The van der Waals surface area contributed by atoms with Crippen molar-refractivity contribution in [3.63, 3.8) is 0 Å². The first kappa shape index (κ1) is 21.3. The maximum Gasteiger partial charge on any atom is 0.228 e. The molecule has 0 radical (unpaired) electrons. The third kappa shape index (κ3) is 4.61. The molecule has 1 amide bonds. The highest BCUT2D eigenvalue weighted by atomic mass is 16.5. The highest BCUT2D eigenvalue weighted by Crippen LogP contribution is 2.22. The minimum absolute atomic E-state index is 0.0806. The first-order valence-electron chi connectivity index (χ1n) is 10.9. The van der Waals surface area contributed by atoms with E-state index in [0.29, 0.717) is 18.1 Å². The molecule has 0 fully saturated rings. The van der Waals surface area contributed by atoms with Gasteiger partial charge in [-0.05, 0) is 61.0 Å². The van der Waals surface area contributed by atoms with E-state index in [0.717, 1.165) is 33.8 Å². The summed E-state index contributed by atoms with van der Waals surface area (Å²) in [7, 11) is 0. The highest BCUT2D eigenvalue weighted by molar-refractivity contribution is 5.92. The van der Waals surface area contributed by atoms with Crippen molar-refractivity contribution in [1.82, 2.24) is 24.8 Å². The van der Waals surface area contributed by atoms with E-state index in [1.807, 2.05) is 79.7 Å². The van der Waals surface area contributed by atoms with Crippen molar-refractivity contribution < 1.29 is 9.53 Å². The lowest BCUT2D eigenvalue weighted by atomic mass is 10.1. The molecule has 2 aromatic carbocycles. The molecule has 168 valence electrons. The third-order valence-electron chi connectivity index (χ3n) is 5.26. The number of rotatable bonds is 7. The Bertz CT molecular complexity index is 1410. The molecule has 5 rings (SSSR count). The van der Waals surface area contributed by atoms with Crippen LogP contribution < -0.4 is 10.1 Å². The Morgan fingerprint density at radius 2 is 1.65 bits per heavy atom. The summed E-state index contributed by atoms with van der Waals surface area (Å²) in [5, 5.41) is 16.1. The van der Waals surface area contributed by atoms with Crippen LogP contribution >= 0.6 is 0 Å². The molecule has 3 aromatic heterocycles. The van der Waals surface area contributed by atoms with Gasteiger partial charge in [0.05, 0.1) is 18.7 Å². The van der Waals surface area contributed by atoms with Crippen molar-refractivity contribution >= 4 is 17.2 Å². The molecule has 0 saturated carbocycles. The maximum atomic E-state index is 12.5. The molecule has 0 spiro atoms. The Balaban J connectivity index is 1.29. The fourth-order valence-electron chi connectivity index (χ4n) is 3.61. The SMILES string of the molecule is CCOc1ccc(CC(=O)Nc2ccc(-c3ccc4nnc(-c5ccncc5)n4n3)cc2)cc1. The molecule has 8 heteroatoms. The zero-order valence-corrected chi connectivity index (χ0v) is 18.5. The molecular weight excluding hydrogens is 428 g/mol. The summed E-state index contributed by atoms with van der Waals surface area (Å²) in [4.78, 5) is 16.5. The quantitative estimate of drug-likeness (QED) is 0.394. The van der Waals surface area contributed by atoms with Crippen LogP contribution in [0.1, 0.15) is 12.5 Å². The number of amides is 1. The number of ether oxygens (including phenoxy) is 1. The fourth-order valence-corrected chi connectivity index (χ4v) is 3.61. The van der Waals surface area contributed by atoms with Gasteiger partial charge in [-0.2, -0.15) is 9.61 Å². The van der Waals surface area contributed by atoms with Crippen LogP contribution in [0.15, 0.2) is 85.2 Å². The Hall–Kier alpha value is -4.59. The van der Waals surface area contributed by atoms with Gasteiger partial charge in [0.25, 0.3) is 0 Å². The maximum absolute atomic E-state index is 12.5. The fraction of sp³-hybridized carbons (Fsp3) is 0.115. The number of fused-ring (bicyclic) bond motifs is 1. The molecule has 5 aromatic rings. The predicted octanol–water partition coefficient (Wildman–Crippen LogP) is 4.43. The van der Waals surface area contributed by atoms with Gasteiger partial charge in [-0.15, -0.1) is 10.2 Å². The van der Waals surface area contributed by atoms with E-state index in [1.165, 1.54) is 0 Å². The number of carbonyl (C=O) groups is 1. The summed E-state index contributed by atoms with van der Waals surface area (Å²) in [6, 6.07) is 22.7. The average Bonchev–Trinajstić information content (AvgIpc) is 3.30. The standard InChI is InChI=1S/C26H22N6O2/c1-2-34-22-9-3-18(4-10-22)17-25(33)28-21-7-5-19(6-8-21)23-11-12-24-29-30-26(32(24)31-23)20-13-15-27-16-14-20/h3-16H,2,17H2,1H3,(H,28,33). The molecule has 1 N–H and O–H groups in total. The van der Waals surface area contributed by atoms with Gasteiger partial charge in [-0.25, -0.2) is 0 Å². The minimum atomic E-state index is -0.0806. The molecule has 34 heavy (non-hydrogen) atoms. The van der Waals surface area contributed by atoms with E-state index in [1.54, 1.807) is 16.9 Å². The van der Waals surface area contributed by atoms with Crippen molar-refractivity contribution in [2.45, 2.75) is 13.3 Å². The van der Waals surface area contributed by atoms with Crippen LogP contribution in [0.25, 0.3) is 28.3 Å². The van der Waals surface area contributed by atoms with E-state index in [4.69, 9.17) is 9.84 Å². The number of benzene rings is 2. The zero-order valence-electron chi connectivity index (χ0n) is 18.5. The van der Waals surface area contributed by atoms with Gasteiger partial charge < -0.3 is 10.1 Å². The van der Waals surface area contributed by atoms with E-state index >= 15 is 0 Å². The summed E-state index contributed by atoms with van der Waals surface area (Å²) in [5.74, 6) is 1.37. The first-order chi connectivity index (χ1) is 16.7. The van der Waals surface area contributed by atoms with Gasteiger partial charge in [0, 0.05) is 29.2 Å². The van der Waals surface area contributed by atoms with Crippen molar-refractivity contribution in [2.24, 2.45) is 0 Å². The van der Waals surface area contributed by atoms with Gasteiger partial charge in [0.2, 0.25) is 5.91 Å². The Kier molecular flexibility index (Phi) is 5.94. The van der Waals surface area contributed by atoms with Crippen LogP contribution in [0.3, 0.4) is 0 Å². The number of anilines is 1. The molecular formula is C26H22N6O2. The van der Waals surface area contributed by atoms with Crippen LogP contribution in [0, 0.1) is 0 Å². The predicted molar refractivity (Wildman–Crippen MR) is 129 cm³/mol. The minimum Gasteiger partial charge on any atom is -0.494 e. The lowest BCUT2D eigenvalue weighted by Gasteiger charge is -2.08. The highest BCUT2D eigenvalue weighted by Gasteiger charge is 2.11. The smallest absolute Gasteiger partial charge is 0.228 e. The Morgan fingerprint density at radius 3 is 2.38 bits per heavy atom. The number of aromatic nitrogens is 5. The van der Waals surface area contributed by atoms with E-state index < -0.39 is 0 Å². The number of pyridine rings is 1. The number of hydrogen-bond acceptors (Lipinski definition) is 6. The van der Waals surface area contributed by atoms with Gasteiger partial charge in [-0.1, -0.05) is 24.3 Å². The third-order valence-corrected chi connectivity index (χ3v) is 5.26. The van der Waals surface area contributed by atoms with Crippen molar-refractivity contribution in [1.29, 1.82) is 0 Å². The van der Waals surface area contributed by atoms with Crippen LogP contribution in [0.4, 0.5) is 5.69 Å². The summed E-state index contributed by atoms with van der Waals surface area (Å²) in [6.45, 7) is 2.56. The molecule has 0 saturated heterocycles. The van der Waals surface area contributed by atoms with E-state index in [-0.39, 0.29) is 12.3 Å². The van der Waals surface area contributed by atoms with Gasteiger partial charge in [-0.3, -0.25) is 9.78 Å². The van der Waals surface area contributed by atoms with E-state index in [9.17, 15) is 4.79 Å². The van der Waals surface area contributed by atoms with Crippen LogP contribution in [-0.2, 0) is 11.2 Å². The van der Waals surface area contributed by atoms with Gasteiger partial charge in [0.1, 0.15) is 5.75 Å². The lowest BCUT2D eigenvalue weighted by molar-refractivity contribution is -0.115. The molecule has 0 bridgehead atoms. The van der Waals surface area contributed by atoms with Gasteiger partial charge >= 0.3 is 0 Å². The summed E-state index contributed by atoms with van der Waals surface area (Å²) < 4.78 is 7.16. The molecule has 0 aliphatic rings.